The largest absolute Gasteiger partial charge is 0.328 e. The summed E-state index contributed by atoms with van der Waals surface area (Å²) in [6.45, 7) is 1.96. The summed E-state index contributed by atoms with van der Waals surface area (Å²) in [6.07, 6.45) is 1.13. The van der Waals surface area contributed by atoms with Gasteiger partial charge in [0.1, 0.15) is 6.17 Å². The van der Waals surface area contributed by atoms with Gasteiger partial charge in [0.05, 0.1) is 0 Å². The topological polar surface area (TPSA) is 29.3 Å². The molecule has 0 bridgehead atoms. The highest BCUT2D eigenvalue weighted by molar-refractivity contribution is 5.15. The van der Waals surface area contributed by atoms with Crippen molar-refractivity contribution in [1.29, 1.82) is 0 Å². The molecule has 0 saturated carbocycles. The Balaban J connectivity index is 1.99. The van der Waals surface area contributed by atoms with Gasteiger partial charge in [-0.25, -0.2) is 4.39 Å². The van der Waals surface area contributed by atoms with Crippen molar-refractivity contribution in [3.63, 3.8) is 0 Å². The molecule has 2 atom stereocenters. The summed E-state index contributed by atoms with van der Waals surface area (Å²) in [5, 5.41) is 0. The molecule has 88 valence electrons. The number of hydrogen-bond acceptors (Lipinski definition) is 2. The number of alkyl halides is 1. The van der Waals surface area contributed by atoms with Crippen LogP contribution in [0.2, 0.25) is 0 Å². The van der Waals surface area contributed by atoms with Crippen molar-refractivity contribution in [2.24, 2.45) is 5.73 Å². The van der Waals surface area contributed by atoms with E-state index in [-0.39, 0.29) is 12.6 Å². The molecular weight excluding hydrogens is 203 g/mol. The Bertz CT molecular complexity index is 315. The molecule has 1 heterocycles. The minimum Gasteiger partial charge on any atom is -0.328 e. The van der Waals surface area contributed by atoms with Crippen LogP contribution in [0.25, 0.3) is 0 Å². The van der Waals surface area contributed by atoms with Gasteiger partial charge in [0.15, 0.2) is 0 Å². The average molecular weight is 222 g/mol. The van der Waals surface area contributed by atoms with E-state index in [1.54, 1.807) is 0 Å². The smallest absolute Gasteiger partial charge is 0.128 e. The molecule has 0 aliphatic carbocycles. The van der Waals surface area contributed by atoms with E-state index >= 15 is 0 Å². The lowest BCUT2D eigenvalue weighted by molar-refractivity contribution is 0.146. The standard InChI is InChI=1S/C13H19FN2/c14-12(9-15)13-7-4-8-16(13)10-11-5-2-1-3-6-11/h1-3,5-6,12-13H,4,7-10,15H2. The first-order valence-corrected chi connectivity index (χ1v) is 5.93. The van der Waals surface area contributed by atoms with E-state index in [2.05, 4.69) is 17.0 Å². The molecule has 2 rings (SSSR count). The van der Waals surface area contributed by atoms with Crippen molar-refractivity contribution in [2.45, 2.75) is 31.6 Å². The van der Waals surface area contributed by atoms with Crippen LogP contribution >= 0.6 is 0 Å². The third-order valence-electron chi connectivity index (χ3n) is 3.29. The average Bonchev–Trinajstić information content (AvgIpc) is 2.77. The Morgan fingerprint density at radius 1 is 1.38 bits per heavy atom. The molecule has 0 aromatic heterocycles. The van der Waals surface area contributed by atoms with Crippen LogP contribution in [0.1, 0.15) is 18.4 Å². The lowest BCUT2D eigenvalue weighted by Crippen LogP contribution is -2.40. The minimum absolute atomic E-state index is 0.0187. The second-order valence-corrected chi connectivity index (χ2v) is 4.42. The zero-order valence-electron chi connectivity index (χ0n) is 9.48. The molecule has 1 aromatic carbocycles. The number of nitrogens with zero attached hydrogens (tertiary/aromatic N) is 1. The van der Waals surface area contributed by atoms with Gasteiger partial charge in [-0.1, -0.05) is 30.3 Å². The van der Waals surface area contributed by atoms with Crippen molar-refractivity contribution in [3.8, 4) is 0 Å². The van der Waals surface area contributed by atoms with Gasteiger partial charge >= 0.3 is 0 Å². The normalized spacial score (nSPS) is 23.5. The molecule has 1 aromatic rings. The SMILES string of the molecule is NCC(F)C1CCCN1Cc1ccccc1. The first-order chi connectivity index (χ1) is 7.81. The number of halogens is 1. The summed E-state index contributed by atoms with van der Waals surface area (Å²) < 4.78 is 13.6. The molecule has 3 heteroatoms. The van der Waals surface area contributed by atoms with Gasteiger partial charge in [0, 0.05) is 19.1 Å². The predicted octanol–water partition coefficient (Wildman–Crippen LogP) is 1.95. The monoisotopic (exact) mass is 222 g/mol. The quantitative estimate of drug-likeness (QED) is 0.843. The fraction of sp³-hybridized carbons (Fsp3) is 0.538. The van der Waals surface area contributed by atoms with Gasteiger partial charge in [0.2, 0.25) is 0 Å². The molecule has 1 aliphatic heterocycles. The number of hydrogen-bond donors (Lipinski definition) is 1. The Morgan fingerprint density at radius 2 is 2.12 bits per heavy atom. The zero-order valence-corrected chi connectivity index (χ0v) is 9.48. The van der Waals surface area contributed by atoms with Crippen LogP contribution in [-0.4, -0.2) is 30.2 Å². The van der Waals surface area contributed by atoms with Gasteiger partial charge in [-0.2, -0.15) is 0 Å². The second-order valence-electron chi connectivity index (χ2n) is 4.42. The highest BCUT2D eigenvalue weighted by atomic mass is 19.1. The van der Waals surface area contributed by atoms with Crippen LogP contribution in [0.3, 0.4) is 0 Å². The maximum Gasteiger partial charge on any atom is 0.128 e. The summed E-state index contributed by atoms with van der Waals surface area (Å²) in [7, 11) is 0. The van der Waals surface area contributed by atoms with Crippen LogP contribution in [0, 0.1) is 0 Å². The van der Waals surface area contributed by atoms with E-state index in [1.807, 2.05) is 18.2 Å². The number of nitrogens with two attached hydrogens (primary N) is 1. The molecule has 1 fully saturated rings. The molecule has 1 aliphatic rings. The number of benzene rings is 1. The summed E-state index contributed by atoms with van der Waals surface area (Å²) in [6, 6.07) is 10.2. The maximum absolute atomic E-state index is 13.6. The molecule has 2 N–H and O–H groups in total. The molecular formula is C13H19FN2. The lowest BCUT2D eigenvalue weighted by atomic mass is 10.1. The summed E-state index contributed by atoms with van der Waals surface area (Å²) in [5.74, 6) is 0. The van der Waals surface area contributed by atoms with Gasteiger partial charge in [0.25, 0.3) is 0 Å². The van der Waals surface area contributed by atoms with E-state index in [1.165, 1.54) is 5.56 Å². The Hall–Kier alpha value is -0.930. The fourth-order valence-corrected chi connectivity index (χ4v) is 2.43. The first-order valence-electron chi connectivity index (χ1n) is 5.93. The van der Waals surface area contributed by atoms with E-state index in [0.717, 1.165) is 25.9 Å². The van der Waals surface area contributed by atoms with Crippen LogP contribution in [0.5, 0.6) is 0 Å². The molecule has 0 spiro atoms. The Kier molecular flexibility index (Phi) is 3.91. The third-order valence-corrected chi connectivity index (χ3v) is 3.29. The molecule has 2 nitrogen and oxygen atoms in total. The summed E-state index contributed by atoms with van der Waals surface area (Å²) >= 11 is 0. The van der Waals surface area contributed by atoms with Crippen LogP contribution in [0.15, 0.2) is 30.3 Å². The van der Waals surface area contributed by atoms with Crippen LogP contribution in [-0.2, 0) is 6.54 Å². The minimum atomic E-state index is -0.883. The third kappa shape index (κ3) is 2.60. The van der Waals surface area contributed by atoms with E-state index in [4.69, 9.17) is 5.73 Å². The lowest BCUT2D eigenvalue weighted by Gasteiger charge is -2.26. The number of rotatable bonds is 4. The highest BCUT2D eigenvalue weighted by Gasteiger charge is 2.30. The highest BCUT2D eigenvalue weighted by Crippen LogP contribution is 2.23. The van der Waals surface area contributed by atoms with E-state index in [9.17, 15) is 4.39 Å². The second kappa shape index (κ2) is 5.41. The van der Waals surface area contributed by atoms with Gasteiger partial charge in [-0.05, 0) is 24.9 Å². The fourth-order valence-electron chi connectivity index (χ4n) is 2.43. The van der Waals surface area contributed by atoms with E-state index < -0.39 is 6.17 Å². The summed E-state index contributed by atoms with van der Waals surface area (Å²) in [4.78, 5) is 2.22. The maximum atomic E-state index is 13.6. The van der Waals surface area contributed by atoms with Crippen LogP contribution < -0.4 is 5.73 Å². The van der Waals surface area contributed by atoms with Gasteiger partial charge in [-0.3, -0.25) is 4.90 Å². The Labute approximate surface area is 96.2 Å². The molecule has 1 saturated heterocycles. The first kappa shape index (κ1) is 11.6. The van der Waals surface area contributed by atoms with Crippen molar-refractivity contribution < 1.29 is 4.39 Å². The van der Waals surface area contributed by atoms with Crippen molar-refractivity contribution in [2.75, 3.05) is 13.1 Å². The van der Waals surface area contributed by atoms with E-state index in [0.29, 0.717) is 0 Å². The van der Waals surface area contributed by atoms with Crippen LogP contribution in [0.4, 0.5) is 4.39 Å². The zero-order chi connectivity index (χ0) is 11.4. The molecule has 16 heavy (non-hydrogen) atoms. The van der Waals surface area contributed by atoms with Crippen molar-refractivity contribution in [1.82, 2.24) is 4.90 Å². The molecule has 2 unspecified atom stereocenters. The van der Waals surface area contributed by atoms with Crippen molar-refractivity contribution in [3.05, 3.63) is 35.9 Å². The summed E-state index contributed by atoms with van der Waals surface area (Å²) in [5.41, 5.74) is 6.65. The Morgan fingerprint density at radius 3 is 2.81 bits per heavy atom. The molecule has 0 amide bonds. The van der Waals surface area contributed by atoms with Gasteiger partial charge in [-0.15, -0.1) is 0 Å². The predicted molar refractivity (Wildman–Crippen MR) is 63.8 cm³/mol. The number of likely N-dealkylation sites (tertiary alicyclic amines) is 1. The molecule has 0 radical (unpaired) electrons. The van der Waals surface area contributed by atoms with Crippen molar-refractivity contribution >= 4 is 0 Å². The van der Waals surface area contributed by atoms with Gasteiger partial charge < -0.3 is 5.73 Å².